The zero-order chi connectivity index (χ0) is 11.6. The van der Waals surface area contributed by atoms with Gasteiger partial charge in [-0.05, 0) is 6.07 Å². The highest BCUT2D eigenvalue weighted by Gasteiger charge is 2.17. The van der Waals surface area contributed by atoms with Crippen LogP contribution >= 0.6 is 11.6 Å². The summed E-state index contributed by atoms with van der Waals surface area (Å²) in [5, 5.41) is 10.8. The molecule has 0 aromatic heterocycles. The van der Waals surface area contributed by atoms with E-state index >= 15 is 0 Å². The third-order valence-electron chi connectivity index (χ3n) is 1.90. The lowest BCUT2D eigenvalue weighted by atomic mass is 10.1. The van der Waals surface area contributed by atoms with E-state index in [2.05, 4.69) is 0 Å². The summed E-state index contributed by atoms with van der Waals surface area (Å²) < 4.78 is 0. The Labute approximate surface area is 91.4 Å². The fourth-order valence-corrected chi connectivity index (χ4v) is 1.49. The van der Waals surface area contributed by atoms with Crippen molar-refractivity contribution in [1.29, 1.82) is 0 Å². The number of hydrogen-bond donors (Lipinski definition) is 0. The number of nitro benzene ring substituents is 1. The average Bonchev–Trinajstić information content (AvgIpc) is 2.16. The molecule has 80 valence electrons. The minimum Gasteiger partial charge on any atom is -0.376 e. The SMILES string of the molecule is CN(C)c1cc(C=O)c([N+](=O)[O-])cc1Cl. The van der Waals surface area contributed by atoms with Gasteiger partial charge in [-0.2, -0.15) is 0 Å². The van der Waals surface area contributed by atoms with Crippen LogP contribution in [0.5, 0.6) is 0 Å². The molecule has 0 saturated carbocycles. The highest BCUT2D eigenvalue weighted by molar-refractivity contribution is 6.33. The van der Waals surface area contributed by atoms with E-state index in [1.807, 2.05) is 0 Å². The maximum atomic E-state index is 10.7. The van der Waals surface area contributed by atoms with Gasteiger partial charge in [-0.1, -0.05) is 11.6 Å². The molecule has 0 bridgehead atoms. The Hall–Kier alpha value is -1.62. The molecule has 0 amide bonds. The van der Waals surface area contributed by atoms with Crippen LogP contribution in [0.4, 0.5) is 11.4 Å². The first-order chi connectivity index (χ1) is 6.97. The van der Waals surface area contributed by atoms with Crippen molar-refractivity contribution in [1.82, 2.24) is 0 Å². The van der Waals surface area contributed by atoms with E-state index < -0.39 is 4.92 Å². The van der Waals surface area contributed by atoms with Gasteiger partial charge in [0.25, 0.3) is 5.69 Å². The standard InChI is InChI=1S/C9H9ClN2O3/c1-11(2)9-3-6(5-13)8(12(14)15)4-7(9)10/h3-5H,1-2H3. The fourth-order valence-electron chi connectivity index (χ4n) is 1.16. The minimum absolute atomic E-state index is 0.0214. The summed E-state index contributed by atoms with van der Waals surface area (Å²) in [6, 6.07) is 2.58. The smallest absolute Gasteiger partial charge is 0.281 e. The molecule has 6 heteroatoms. The first-order valence-electron chi connectivity index (χ1n) is 4.07. The zero-order valence-corrected chi connectivity index (χ0v) is 8.99. The molecule has 15 heavy (non-hydrogen) atoms. The summed E-state index contributed by atoms with van der Waals surface area (Å²) >= 11 is 5.84. The molecular weight excluding hydrogens is 220 g/mol. The quantitative estimate of drug-likeness (QED) is 0.452. The second-order valence-corrected chi connectivity index (χ2v) is 3.54. The van der Waals surface area contributed by atoms with Crippen molar-refractivity contribution in [3.05, 3.63) is 32.8 Å². The Bertz CT molecular complexity index is 418. The fraction of sp³-hybridized carbons (Fsp3) is 0.222. The van der Waals surface area contributed by atoms with Gasteiger partial charge in [0.1, 0.15) is 0 Å². The maximum absolute atomic E-state index is 10.7. The number of anilines is 1. The molecule has 0 aliphatic heterocycles. The van der Waals surface area contributed by atoms with E-state index in [9.17, 15) is 14.9 Å². The molecule has 0 spiro atoms. The molecule has 0 fully saturated rings. The summed E-state index contributed by atoms with van der Waals surface area (Å²) in [6.45, 7) is 0. The summed E-state index contributed by atoms with van der Waals surface area (Å²) in [5.41, 5.74) is 0.318. The Balaban J connectivity index is 3.42. The number of benzene rings is 1. The van der Waals surface area contributed by atoms with Crippen LogP contribution in [0.25, 0.3) is 0 Å². The van der Waals surface area contributed by atoms with Crippen molar-refractivity contribution < 1.29 is 9.72 Å². The van der Waals surface area contributed by atoms with E-state index in [1.54, 1.807) is 19.0 Å². The molecule has 0 atom stereocenters. The predicted octanol–water partition coefficient (Wildman–Crippen LogP) is 2.13. The van der Waals surface area contributed by atoms with Crippen molar-refractivity contribution in [2.75, 3.05) is 19.0 Å². The number of nitrogens with zero attached hydrogens (tertiary/aromatic N) is 2. The number of hydrogen-bond acceptors (Lipinski definition) is 4. The molecule has 1 aromatic rings. The van der Waals surface area contributed by atoms with Gasteiger partial charge in [0.15, 0.2) is 6.29 Å². The molecule has 0 radical (unpaired) electrons. The third kappa shape index (κ3) is 2.24. The number of nitro groups is 1. The van der Waals surface area contributed by atoms with Gasteiger partial charge in [0.2, 0.25) is 0 Å². The van der Waals surface area contributed by atoms with Crippen LogP contribution in [0.2, 0.25) is 5.02 Å². The maximum Gasteiger partial charge on any atom is 0.281 e. The normalized spacial score (nSPS) is 9.80. The van der Waals surface area contributed by atoms with Crippen LogP contribution in [-0.2, 0) is 0 Å². The Kier molecular flexibility index (Phi) is 3.26. The molecule has 0 unspecified atom stereocenters. The predicted molar refractivity (Wildman–Crippen MR) is 57.8 cm³/mol. The monoisotopic (exact) mass is 228 g/mol. The van der Waals surface area contributed by atoms with E-state index in [4.69, 9.17) is 11.6 Å². The van der Waals surface area contributed by atoms with E-state index in [1.165, 1.54) is 12.1 Å². The first kappa shape index (κ1) is 11.5. The van der Waals surface area contributed by atoms with Crippen LogP contribution in [0, 0.1) is 10.1 Å². The van der Waals surface area contributed by atoms with E-state index in [0.717, 1.165) is 0 Å². The van der Waals surface area contributed by atoms with Gasteiger partial charge in [0.05, 0.1) is 21.2 Å². The largest absolute Gasteiger partial charge is 0.376 e. The number of rotatable bonds is 3. The number of aldehydes is 1. The lowest BCUT2D eigenvalue weighted by Gasteiger charge is -2.14. The van der Waals surface area contributed by atoms with Gasteiger partial charge in [0, 0.05) is 20.2 Å². The highest BCUT2D eigenvalue weighted by atomic mass is 35.5. The molecule has 0 aliphatic carbocycles. The van der Waals surface area contributed by atoms with Crippen molar-refractivity contribution in [3.63, 3.8) is 0 Å². The van der Waals surface area contributed by atoms with Gasteiger partial charge < -0.3 is 4.90 Å². The molecule has 5 nitrogen and oxygen atoms in total. The minimum atomic E-state index is -0.630. The number of carbonyl (C=O) groups is 1. The lowest BCUT2D eigenvalue weighted by Crippen LogP contribution is -2.10. The lowest BCUT2D eigenvalue weighted by molar-refractivity contribution is -0.385. The molecule has 1 rings (SSSR count). The van der Waals surface area contributed by atoms with Gasteiger partial charge in [-0.15, -0.1) is 0 Å². The van der Waals surface area contributed by atoms with Crippen LogP contribution in [0.1, 0.15) is 10.4 Å². The second-order valence-electron chi connectivity index (χ2n) is 3.13. The van der Waals surface area contributed by atoms with Crippen molar-refractivity contribution >= 4 is 29.3 Å². The third-order valence-corrected chi connectivity index (χ3v) is 2.20. The average molecular weight is 229 g/mol. The van der Waals surface area contributed by atoms with Crippen LogP contribution < -0.4 is 4.90 Å². The number of carbonyl (C=O) groups excluding carboxylic acids is 1. The van der Waals surface area contributed by atoms with Gasteiger partial charge in [-0.25, -0.2) is 0 Å². The molecular formula is C9H9ClN2O3. The van der Waals surface area contributed by atoms with Crippen LogP contribution in [0.15, 0.2) is 12.1 Å². The summed E-state index contributed by atoms with van der Waals surface area (Å²) in [7, 11) is 3.48. The molecule has 0 aliphatic rings. The Morgan fingerprint density at radius 1 is 1.47 bits per heavy atom. The Morgan fingerprint density at radius 3 is 2.47 bits per heavy atom. The van der Waals surface area contributed by atoms with Gasteiger partial charge in [-0.3, -0.25) is 14.9 Å². The van der Waals surface area contributed by atoms with E-state index in [0.29, 0.717) is 12.0 Å². The van der Waals surface area contributed by atoms with Crippen molar-refractivity contribution in [2.45, 2.75) is 0 Å². The summed E-state index contributed by atoms with van der Waals surface area (Å²) in [6.07, 6.45) is 0.446. The van der Waals surface area contributed by atoms with Crippen LogP contribution in [-0.4, -0.2) is 25.3 Å². The summed E-state index contributed by atoms with van der Waals surface area (Å²) in [5.74, 6) is 0. The van der Waals surface area contributed by atoms with Crippen molar-refractivity contribution in [2.24, 2.45) is 0 Å². The molecule has 0 N–H and O–H groups in total. The topological polar surface area (TPSA) is 63.5 Å². The number of halogens is 1. The van der Waals surface area contributed by atoms with E-state index in [-0.39, 0.29) is 16.3 Å². The van der Waals surface area contributed by atoms with Crippen LogP contribution in [0.3, 0.4) is 0 Å². The van der Waals surface area contributed by atoms with Crippen molar-refractivity contribution in [3.8, 4) is 0 Å². The molecule has 1 aromatic carbocycles. The summed E-state index contributed by atoms with van der Waals surface area (Å²) in [4.78, 5) is 22.3. The first-order valence-corrected chi connectivity index (χ1v) is 4.45. The van der Waals surface area contributed by atoms with Gasteiger partial charge >= 0.3 is 0 Å². The Morgan fingerprint density at radius 2 is 2.07 bits per heavy atom. The molecule has 0 heterocycles. The molecule has 0 saturated heterocycles. The second kappa shape index (κ2) is 4.27. The zero-order valence-electron chi connectivity index (χ0n) is 8.23. The highest BCUT2D eigenvalue weighted by Crippen LogP contribution is 2.31.